The molecule has 0 radical (unpaired) electrons. The van der Waals surface area contributed by atoms with Crippen molar-refractivity contribution < 1.29 is 9.53 Å². The van der Waals surface area contributed by atoms with Gasteiger partial charge in [-0.1, -0.05) is 13.2 Å². The second-order valence-electron chi connectivity index (χ2n) is 3.60. The SMILES string of the molecule is C=C(CC(=O)N=CCN(C)C)C(=C)OCC. The first-order chi connectivity index (χ1) is 7.47. The fraction of sp³-hybridized carbons (Fsp3) is 0.500. The van der Waals surface area contributed by atoms with Gasteiger partial charge in [0.05, 0.1) is 13.0 Å². The van der Waals surface area contributed by atoms with Gasteiger partial charge in [0.25, 0.3) is 0 Å². The molecule has 4 nitrogen and oxygen atoms in total. The van der Waals surface area contributed by atoms with Gasteiger partial charge in [0, 0.05) is 12.8 Å². The number of ether oxygens (including phenoxy) is 1. The van der Waals surface area contributed by atoms with E-state index in [1.165, 1.54) is 0 Å². The Labute approximate surface area is 97.3 Å². The zero-order valence-corrected chi connectivity index (χ0v) is 10.3. The van der Waals surface area contributed by atoms with Crippen molar-refractivity contribution in [2.24, 2.45) is 4.99 Å². The number of carbonyl (C=O) groups excluding carboxylic acids is 1. The molecule has 0 aliphatic heterocycles. The van der Waals surface area contributed by atoms with Crippen LogP contribution in [-0.4, -0.2) is 44.3 Å². The zero-order valence-electron chi connectivity index (χ0n) is 10.3. The van der Waals surface area contributed by atoms with Crippen LogP contribution in [0.3, 0.4) is 0 Å². The largest absolute Gasteiger partial charge is 0.494 e. The second kappa shape index (κ2) is 7.82. The summed E-state index contributed by atoms with van der Waals surface area (Å²) >= 11 is 0. The van der Waals surface area contributed by atoms with Gasteiger partial charge in [0.15, 0.2) is 0 Å². The van der Waals surface area contributed by atoms with E-state index in [0.29, 0.717) is 24.5 Å². The molecule has 0 N–H and O–H groups in total. The van der Waals surface area contributed by atoms with Crippen molar-refractivity contribution in [2.45, 2.75) is 13.3 Å². The van der Waals surface area contributed by atoms with Gasteiger partial charge >= 0.3 is 0 Å². The average Bonchev–Trinajstić information content (AvgIpc) is 2.17. The monoisotopic (exact) mass is 224 g/mol. The van der Waals surface area contributed by atoms with Crippen LogP contribution in [0.15, 0.2) is 29.5 Å². The molecule has 0 bridgehead atoms. The van der Waals surface area contributed by atoms with Gasteiger partial charge in [0.2, 0.25) is 5.91 Å². The maximum Gasteiger partial charge on any atom is 0.249 e. The first kappa shape index (κ1) is 14.6. The van der Waals surface area contributed by atoms with Crippen molar-refractivity contribution in [3.8, 4) is 0 Å². The molecular weight excluding hydrogens is 204 g/mol. The molecule has 0 aromatic heterocycles. The predicted octanol–water partition coefficient (Wildman–Crippen LogP) is 1.64. The Bertz CT molecular complexity index is 293. The summed E-state index contributed by atoms with van der Waals surface area (Å²) in [5.41, 5.74) is 0.578. The predicted molar refractivity (Wildman–Crippen MR) is 66.6 cm³/mol. The molecule has 0 aromatic rings. The Morgan fingerprint density at radius 2 is 2.06 bits per heavy atom. The van der Waals surface area contributed by atoms with Gasteiger partial charge < -0.3 is 9.64 Å². The lowest BCUT2D eigenvalue weighted by Gasteiger charge is -2.07. The molecular formula is C12H20N2O2. The Morgan fingerprint density at radius 3 is 2.56 bits per heavy atom. The zero-order chi connectivity index (χ0) is 12.6. The summed E-state index contributed by atoms with van der Waals surface area (Å²) in [7, 11) is 3.82. The highest BCUT2D eigenvalue weighted by Gasteiger charge is 2.06. The van der Waals surface area contributed by atoms with Crippen LogP contribution in [0, 0.1) is 0 Å². The van der Waals surface area contributed by atoms with E-state index in [4.69, 9.17) is 4.74 Å². The van der Waals surface area contributed by atoms with E-state index in [0.717, 1.165) is 0 Å². The van der Waals surface area contributed by atoms with Crippen molar-refractivity contribution in [2.75, 3.05) is 27.2 Å². The number of amides is 1. The summed E-state index contributed by atoms with van der Waals surface area (Å²) in [4.78, 5) is 17.1. The van der Waals surface area contributed by atoms with Crippen LogP contribution < -0.4 is 0 Å². The van der Waals surface area contributed by atoms with Crippen LogP contribution in [0.1, 0.15) is 13.3 Å². The second-order valence-corrected chi connectivity index (χ2v) is 3.60. The summed E-state index contributed by atoms with van der Waals surface area (Å²) in [5.74, 6) is 0.228. The summed E-state index contributed by atoms with van der Waals surface area (Å²) in [6.45, 7) is 10.4. The van der Waals surface area contributed by atoms with E-state index in [1.54, 1.807) is 6.21 Å². The Balaban J connectivity index is 4.00. The average molecular weight is 224 g/mol. The molecule has 0 fully saturated rings. The maximum atomic E-state index is 11.4. The standard InChI is InChI=1S/C12H20N2O2/c1-6-16-11(3)10(2)9-12(15)13-7-8-14(4)5/h7H,2-3,6,8-9H2,1,4-5H3. The summed E-state index contributed by atoms with van der Waals surface area (Å²) in [6.07, 6.45) is 1.74. The molecule has 16 heavy (non-hydrogen) atoms. The van der Waals surface area contributed by atoms with Crippen molar-refractivity contribution in [1.82, 2.24) is 4.90 Å². The van der Waals surface area contributed by atoms with E-state index in [1.807, 2.05) is 25.9 Å². The van der Waals surface area contributed by atoms with E-state index in [-0.39, 0.29) is 12.3 Å². The van der Waals surface area contributed by atoms with Gasteiger partial charge in [-0.15, -0.1) is 0 Å². The van der Waals surface area contributed by atoms with E-state index >= 15 is 0 Å². The van der Waals surface area contributed by atoms with E-state index < -0.39 is 0 Å². The fourth-order valence-electron chi connectivity index (χ4n) is 0.909. The van der Waals surface area contributed by atoms with Gasteiger partial charge in [-0.2, -0.15) is 0 Å². The normalized spacial score (nSPS) is 10.8. The van der Waals surface area contributed by atoms with E-state index in [2.05, 4.69) is 18.2 Å². The van der Waals surface area contributed by atoms with Gasteiger partial charge in [0.1, 0.15) is 5.76 Å². The minimum Gasteiger partial charge on any atom is -0.494 e. The Kier molecular flexibility index (Phi) is 7.12. The molecule has 0 heterocycles. The van der Waals surface area contributed by atoms with Gasteiger partial charge in [-0.05, 0) is 26.6 Å². The first-order valence-electron chi connectivity index (χ1n) is 5.17. The highest BCUT2D eigenvalue weighted by atomic mass is 16.5. The van der Waals surface area contributed by atoms with Gasteiger partial charge in [-0.25, -0.2) is 4.99 Å². The summed E-state index contributed by atoms with van der Waals surface area (Å²) < 4.78 is 5.14. The molecule has 0 unspecified atom stereocenters. The number of nitrogens with zero attached hydrogens (tertiary/aromatic N) is 2. The van der Waals surface area contributed by atoms with Crippen LogP contribution in [-0.2, 0) is 9.53 Å². The molecule has 0 saturated carbocycles. The van der Waals surface area contributed by atoms with Crippen molar-refractivity contribution in [3.63, 3.8) is 0 Å². The molecule has 0 saturated heterocycles. The third kappa shape index (κ3) is 6.95. The topological polar surface area (TPSA) is 41.9 Å². The molecule has 0 aliphatic carbocycles. The Hall–Kier alpha value is -1.42. The number of allylic oxidation sites excluding steroid dienone is 1. The highest BCUT2D eigenvalue weighted by molar-refractivity contribution is 5.87. The molecule has 0 spiro atoms. The molecule has 0 aromatic carbocycles. The van der Waals surface area contributed by atoms with Crippen molar-refractivity contribution in [1.29, 1.82) is 0 Å². The lowest BCUT2D eigenvalue weighted by molar-refractivity contribution is -0.117. The molecule has 0 aliphatic rings. The minimum absolute atomic E-state index is 0.156. The lowest BCUT2D eigenvalue weighted by Crippen LogP contribution is -2.14. The molecule has 0 rings (SSSR count). The van der Waals surface area contributed by atoms with Crippen LogP contribution in [0.25, 0.3) is 0 Å². The molecule has 90 valence electrons. The summed E-state index contributed by atoms with van der Waals surface area (Å²) in [5, 5.41) is 0. The number of hydrogen-bond acceptors (Lipinski definition) is 3. The molecule has 4 heteroatoms. The van der Waals surface area contributed by atoms with Crippen molar-refractivity contribution >= 4 is 12.1 Å². The number of carbonyl (C=O) groups is 1. The summed E-state index contributed by atoms with van der Waals surface area (Å²) in [6, 6.07) is 0. The lowest BCUT2D eigenvalue weighted by atomic mass is 10.2. The third-order valence-electron chi connectivity index (χ3n) is 1.76. The van der Waals surface area contributed by atoms with Crippen LogP contribution in [0.2, 0.25) is 0 Å². The van der Waals surface area contributed by atoms with Crippen LogP contribution in [0.4, 0.5) is 0 Å². The maximum absolute atomic E-state index is 11.4. The number of rotatable bonds is 7. The minimum atomic E-state index is -0.229. The molecule has 1 amide bonds. The Morgan fingerprint density at radius 1 is 1.44 bits per heavy atom. The van der Waals surface area contributed by atoms with Crippen LogP contribution in [0.5, 0.6) is 0 Å². The molecule has 0 atom stereocenters. The van der Waals surface area contributed by atoms with Gasteiger partial charge in [-0.3, -0.25) is 4.79 Å². The quantitative estimate of drug-likeness (QED) is 0.375. The number of aliphatic imine (C=N–C) groups is 1. The fourth-order valence-corrected chi connectivity index (χ4v) is 0.909. The third-order valence-corrected chi connectivity index (χ3v) is 1.76. The van der Waals surface area contributed by atoms with Crippen LogP contribution >= 0.6 is 0 Å². The van der Waals surface area contributed by atoms with Crippen molar-refractivity contribution in [3.05, 3.63) is 24.5 Å². The first-order valence-corrected chi connectivity index (χ1v) is 5.17. The smallest absolute Gasteiger partial charge is 0.249 e. The van der Waals surface area contributed by atoms with E-state index in [9.17, 15) is 4.79 Å². The highest BCUT2D eigenvalue weighted by Crippen LogP contribution is 2.11. The number of hydrogen-bond donors (Lipinski definition) is 0.